The van der Waals surface area contributed by atoms with Gasteiger partial charge in [0, 0.05) is 6.54 Å². The zero-order valence-electron chi connectivity index (χ0n) is 10.7. The zero-order valence-corrected chi connectivity index (χ0v) is 10.7. The van der Waals surface area contributed by atoms with E-state index in [1.165, 1.54) is 11.0 Å². The molecule has 2 rings (SSSR count). The first-order valence-corrected chi connectivity index (χ1v) is 6.08. The van der Waals surface area contributed by atoms with Crippen LogP contribution >= 0.6 is 0 Å². The Morgan fingerprint density at radius 3 is 2.89 bits per heavy atom. The van der Waals surface area contributed by atoms with Gasteiger partial charge in [-0.15, -0.1) is 5.10 Å². The molecule has 0 saturated heterocycles. The van der Waals surface area contributed by atoms with Gasteiger partial charge in [0.05, 0.1) is 11.3 Å². The molecule has 1 aromatic heterocycles. The van der Waals surface area contributed by atoms with Crippen LogP contribution < -0.4 is 10.6 Å². The summed E-state index contributed by atoms with van der Waals surface area (Å²) in [6, 6.07) is 7.22. The van der Waals surface area contributed by atoms with Crippen LogP contribution in [0, 0.1) is 0 Å². The number of benzene rings is 1. The van der Waals surface area contributed by atoms with E-state index in [-0.39, 0.29) is 5.91 Å². The van der Waals surface area contributed by atoms with Crippen LogP contribution in [0.1, 0.15) is 16.8 Å². The maximum Gasteiger partial charge on any atom is 0.253 e. The van der Waals surface area contributed by atoms with E-state index in [1.807, 2.05) is 19.2 Å². The number of nitrogens with zero attached hydrogens (tertiary/aromatic N) is 4. The molecule has 1 aromatic carbocycles. The van der Waals surface area contributed by atoms with Gasteiger partial charge in [-0.25, -0.2) is 0 Å². The Bertz CT molecular complexity index is 525. The van der Waals surface area contributed by atoms with Crippen LogP contribution in [0.4, 0.5) is 0 Å². The van der Waals surface area contributed by atoms with E-state index >= 15 is 0 Å². The minimum Gasteiger partial charge on any atom is -0.352 e. The van der Waals surface area contributed by atoms with Crippen molar-refractivity contribution in [3.8, 4) is 5.69 Å². The molecule has 0 atom stereocenters. The molecule has 7 heteroatoms. The summed E-state index contributed by atoms with van der Waals surface area (Å²) in [6.45, 7) is 1.50. The summed E-state index contributed by atoms with van der Waals surface area (Å²) < 4.78 is 1.47. The highest BCUT2D eigenvalue weighted by Crippen LogP contribution is 2.12. The molecule has 2 N–H and O–H groups in total. The molecular formula is C12H16N6O. The van der Waals surface area contributed by atoms with Crippen molar-refractivity contribution in [2.75, 3.05) is 20.1 Å². The third kappa shape index (κ3) is 3.35. The summed E-state index contributed by atoms with van der Waals surface area (Å²) in [5, 5.41) is 16.9. The SMILES string of the molecule is CNCCCNC(=O)c1ccccc1-n1cnnn1. The molecule has 0 unspecified atom stereocenters. The first-order valence-electron chi connectivity index (χ1n) is 6.08. The average Bonchev–Trinajstić information content (AvgIpc) is 2.97. The monoisotopic (exact) mass is 260 g/mol. The van der Waals surface area contributed by atoms with Gasteiger partial charge in [0.15, 0.2) is 0 Å². The molecule has 0 radical (unpaired) electrons. The number of tetrazole rings is 1. The second-order valence-electron chi connectivity index (χ2n) is 3.98. The highest BCUT2D eigenvalue weighted by Gasteiger charge is 2.12. The van der Waals surface area contributed by atoms with Crippen LogP contribution in [0.5, 0.6) is 0 Å². The van der Waals surface area contributed by atoms with Gasteiger partial charge in [0.1, 0.15) is 6.33 Å². The highest BCUT2D eigenvalue weighted by molar-refractivity contribution is 5.97. The van der Waals surface area contributed by atoms with E-state index in [2.05, 4.69) is 26.2 Å². The van der Waals surface area contributed by atoms with Crippen molar-refractivity contribution in [3.63, 3.8) is 0 Å². The quantitative estimate of drug-likeness (QED) is 0.714. The Morgan fingerprint density at radius 1 is 1.32 bits per heavy atom. The summed E-state index contributed by atoms with van der Waals surface area (Å²) in [5.74, 6) is -0.123. The summed E-state index contributed by atoms with van der Waals surface area (Å²) in [4.78, 5) is 12.1. The van der Waals surface area contributed by atoms with E-state index in [1.54, 1.807) is 12.1 Å². The van der Waals surface area contributed by atoms with Crippen LogP contribution in [0.15, 0.2) is 30.6 Å². The predicted octanol–water partition coefficient (Wildman–Crippen LogP) is 0.00160. The zero-order chi connectivity index (χ0) is 13.5. The fourth-order valence-corrected chi connectivity index (χ4v) is 1.70. The average molecular weight is 260 g/mol. The lowest BCUT2D eigenvalue weighted by atomic mass is 10.1. The van der Waals surface area contributed by atoms with Crippen molar-refractivity contribution in [1.29, 1.82) is 0 Å². The minimum atomic E-state index is -0.123. The Labute approximate surface area is 111 Å². The number of hydrogen-bond donors (Lipinski definition) is 2. The molecule has 1 heterocycles. The van der Waals surface area contributed by atoms with Crippen LogP contribution in [0.3, 0.4) is 0 Å². The molecule has 0 fully saturated rings. The Hall–Kier alpha value is -2.28. The molecule has 0 aliphatic heterocycles. The van der Waals surface area contributed by atoms with E-state index in [0.717, 1.165) is 13.0 Å². The molecule has 0 aliphatic carbocycles. The van der Waals surface area contributed by atoms with E-state index in [9.17, 15) is 4.79 Å². The van der Waals surface area contributed by atoms with Gasteiger partial charge in [0.25, 0.3) is 5.91 Å². The molecule has 0 saturated carbocycles. The standard InChI is InChI=1S/C12H16N6O/c1-13-7-4-8-14-12(19)10-5-2-3-6-11(10)18-9-15-16-17-18/h2-3,5-6,9,13H,4,7-8H2,1H3,(H,14,19). The molecule has 19 heavy (non-hydrogen) atoms. The predicted molar refractivity (Wildman–Crippen MR) is 70.0 cm³/mol. The fourth-order valence-electron chi connectivity index (χ4n) is 1.70. The minimum absolute atomic E-state index is 0.123. The Morgan fingerprint density at radius 2 is 2.16 bits per heavy atom. The number of rotatable bonds is 6. The highest BCUT2D eigenvalue weighted by atomic mass is 16.1. The summed E-state index contributed by atoms with van der Waals surface area (Å²) in [5.41, 5.74) is 1.22. The molecule has 0 aliphatic rings. The summed E-state index contributed by atoms with van der Waals surface area (Å²) in [7, 11) is 1.88. The molecule has 100 valence electrons. The van der Waals surface area contributed by atoms with E-state index in [0.29, 0.717) is 17.8 Å². The molecule has 0 spiro atoms. The van der Waals surface area contributed by atoms with Gasteiger partial charge >= 0.3 is 0 Å². The topological polar surface area (TPSA) is 84.7 Å². The van der Waals surface area contributed by atoms with Gasteiger partial charge < -0.3 is 10.6 Å². The van der Waals surface area contributed by atoms with Crippen molar-refractivity contribution in [1.82, 2.24) is 30.8 Å². The van der Waals surface area contributed by atoms with Gasteiger partial charge in [0.2, 0.25) is 0 Å². The molecule has 1 amide bonds. The first-order chi connectivity index (χ1) is 9.33. The third-order valence-electron chi connectivity index (χ3n) is 2.63. The Kier molecular flexibility index (Phi) is 4.57. The lowest BCUT2D eigenvalue weighted by Gasteiger charge is -2.09. The lowest BCUT2D eigenvalue weighted by Crippen LogP contribution is -2.27. The Balaban J connectivity index is 2.09. The van der Waals surface area contributed by atoms with Crippen LogP contribution in [0.25, 0.3) is 5.69 Å². The number of hydrogen-bond acceptors (Lipinski definition) is 5. The van der Waals surface area contributed by atoms with Crippen molar-refractivity contribution >= 4 is 5.91 Å². The third-order valence-corrected chi connectivity index (χ3v) is 2.63. The van der Waals surface area contributed by atoms with Crippen molar-refractivity contribution < 1.29 is 4.79 Å². The number of aromatic nitrogens is 4. The maximum atomic E-state index is 12.1. The second-order valence-corrected chi connectivity index (χ2v) is 3.98. The number of para-hydroxylation sites is 1. The van der Waals surface area contributed by atoms with Gasteiger partial charge in [-0.2, -0.15) is 4.68 Å². The summed E-state index contributed by atoms with van der Waals surface area (Å²) >= 11 is 0. The van der Waals surface area contributed by atoms with Gasteiger partial charge in [-0.1, -0.05) is 12.1 Å². The number of carbonyl (C=O) groups excluding carboxylic acids is 1. The van der Waals surface area contributed by atoms with Crippen LogP contribution in [-0.4, -0.2) is 46.3 Å². The number of nitrogens with one attached hydrogen (secondary N) is 2. The van der Waals surface area contributed by atoms with Crippen LogP contribution in [-0.2, 0) is 0 Å². The van der Waals surface area contributed by atoms with E-state index < -0.39 is 0 Å². The fraction of sp³-hybridized carbons (Fsp3) is 0.333. The van der Waals surface area contributed by atoms with E-state index in [4.69, 9.17) is 0 Å². The van der Waals surface area contributed by atoms with Crippen molar-refractivity contribution in [3.05, 3.63) is 36.2 Å². The molecule has 2 aromatic rings. The summed E-state index contributed by atoms with van der Waals surface area (Å²) in [6.07, 6.45) is 2.35. The van der Waals surface area contributed by atoms with Gasteiger partial charge in [-0.05, 0) is 42.6 Å². The lowest BCUT2D eigenvalue weighted by molar-refractivity contribution is 0.0953. The second kappa shape index (κ2) is 6.60. The van der Waals surface area contributed by atoms with Crippen molar-refractivity contribution in [2.24, 2.45) is 0 Å². The molecular weight excluding hydrogens is 244 g/mol. The molecule has 0 bridgehead atoms. The maximum absolute atomic E-state index is 12.1. The molecule has 7 nitrogen and oxygen atoms in total. The normalized spacial score (nSPS) is 10.4. The van der Waals surface area contributed by atoms with Crippen LogP contribution in [0.2, 0.25) is 0 Å². The number of amides is 1. The smallest absolute Gasteiger partial charge is 0.253 e. The van der Waals surface area contributed by atoms with Gasteiger partial charge in [-0.3, -0.25) is 4.79 Å². The first kappa shape index (κ1) is 13.2. The van der Waals surface area contributed by atoms with Crippen molar-refractivity contribution in [2.45, 2.75) is 6.42 Å². The number of carbonyl (C=O) groups is 1. The largest absolute Gasteiger partial charge is 0.352 e.